The quantitative estimate of drug-likeness (QED) is 0.613. The maximum Gasteiger partial charge on any atom is 0.256 e. The zero-order valence-corrected chi connectivity index (χ0v) is 19.0. The van der Waals surface area contributed by atoms with Crippen molar-refractivity contribution in [1.82, 2.24) is 15.2 Å². The highest BCUT2D eigenvalue weighted by Gasteiger charge is 2.62. The van der Waals surface area contributed by atoms with Crippen molar-refractivity contribution in [1.29, 1.82) is 0 Å². The molecule has 6 heteroatoms. The summed E-state index contributed by atoms with van der Waals surface area (Å²) < 4.78 is 1.79. The summed E-state index contributed by atoms with van der Waals surface area (Å²) in [5, 5.41) is 5.52. The molecule has 1 spiro atoms. The van der Waals surface area contributed by atoms with Crippen molar-refractivity contribution in [3.8, 4) is 0 Å². The van der Waals surface area contributed by atoms with Crippen molar-refractivity contribution >= 4 is 11.8 Å². The van der Waals surface area contributed by atoms with E-state index in [4.69, 9.17) is 0 Å². The van der Waals surface area contributed by atoms with Gasteiger partial charge in [-0.15, -0.1) is 0 Å². The second-order valence-electron chi connectivity index (χ2n) is 9.78. The Morgan fingerprint density at radius 1 is 1.06 bits per heavy atom. The number of allylic oxidation sites excluding steroid dienone is 2. The Labute approximate surface area is 194 Å². The van der Waals surface area contributed by atoms with Gasteiger partial charge in [0.15, 0.2) is 0 Å². The lowest BCUT2D eigenvalue weighted by atomic mass is 9.89. The van der Waals surface area contributed by atoms with E-state index in [9.17, 15) is 14.4 Å². The molecule has 2 N–H and O–H groups in total. The Morgan fingerprint density at radius 2 is 1.79 bits per heavy atom. The number of hydrogen-bond acceptors (Lipinski definition) is 3. The van der Waals surface area contributed by atoms with Crippen LogP contribution in [0, 0.1) is 23.2 Å². The Morgan fingerprint density at radius 3 is 2.45 bits per heavy atom. The van der Waals surface area contributed by atoms with Gasteiger partial charge in [0.05, 0.1) is 0 Å². The summed E-state index contributed by atoms with van der Waals surface area (Å²) in [5.74, 6) is 0.777. The van der Waals surface area contributed by atoms with E-state index in [1.807, 2.05) is 18.2 Å². The fraction of sp³-hybridized carbons (Fsp3) is 0.444. The van der Waals surface area contributed by atoms with Crippen molar-refractivity contribution < 1.29 is 9.59 Å². The molecule has 0 saturated heterocycles. The third-order valence-corrected chi connectivity index (χ3v) is 7.89. The number of nitrogens with one attached hydrogen (secondary N) is 2. The molecule has 0 radical (unpaired) electrons. The average molecular weight is 446 g/mol. The topological polar surface area (TPSA) is 80.2 Å². The van der Waals surface area contributed by atoms with Gasteiger partial charge < -0.3 is 15.2 Å². The van der Waals surface area contributed by atoms with E-state index in [1.54, 1.807) is 17.0 Å². The molecule has 1 aromatic carbocycles. The van der Waals surface area contributed by atoms with Gasteiger partial charge in [-0.3, -0.25) is 14.4 Å². The number of carbonyl (C=O) groups is 2. The van der Waals surface area contributed by atoms with Crippen molar-refractivity contribution in [2.24, 2.45) is 23.2 Å². The predicted octanol–water partition coefficient (Wildman–Crippen LogP) is 3.17. The minimum atomic E-state index is -0.516. The average Bonchev–Trinajstić information content (AvgIpc) is 3.51. The number of aromatic nitrogens is 1. The molecule has 6 nitrogen and oxygen atoms in total. The normalized spacial score (nSPS) is 23.6. The Balaban J connectivity index is 1.29. The van der Waals surface area contributed by atoms with Crippen LogP contribution in [0.1, 0.15) is 52.0 Å². The monoisotopic (exact) mass is 445 g/mol. The van der Waals surface area contributed by atoms with Crippen LogP contribution in [0.25, 0.3) is 0 Å². The zero-order chi connectivity index (χ0) is 23.0. The first-order chi connectivity index (χ1) is 16.0. The molecule has 1 heterocycles. The number of hydrogen-bond donors (Lipinski definition) is 2. The van der Waals surface area contributed by atoms with Crippen molar-refractivity contribution in [3.05, 3.63) is 81.8 Å². The van der Waals surface area contributed by atoms with Crippen LogP contribution < -0.4 is 16.1 Å². The van der Waals surface area contributed by atoms with Gasteiger partial charge in [0.1, 0.15) is 11.1 Å². The Kier molecular flexibility index (Phi) is 5.69. The molecule has 2 aromatic rings. The van der Waals surface area contributed by atoms with Crippen LogP contribution in [-0.4, -0.2) is 30.0 Å². The third-order valence-electron chi connectivity index (χ3n) is 7.89. The van der Waals surface area contributed by atoms with Crippen molar-refractivity contribution in [3.63, 3.8) is 0 Å². The van der Waals surface area contributed by atoms with Gasteiger partial charge in [-0.25, -0.2) is 0 Å². The number of nitrogens with zero attached hydrogens (tertiary/aromatic N) is 1. The van der Waals surface area contributed by atoms with Crippen LogP contribution in [0.5, 0.6) is 0 Å². The standard InChI is InChI=1S/C27H31N3O3/c1-28-25(32)21-16-30(13-5-8-18-6-3-2-4-7-18)17-22(24(21)31)26(33)29-15-19-14-20-9-10-23(19)27(20)11-12-27/h2-4,6-7,9-10,16-17,19-20,23H,5,8,11-15H2,1H3,(H,28,32)(H,29,33)/t19-,20-,23-/m1/s1. The van der Waals surface area contributed by atoms with E-state index < -0.39 is 11.3 Å². The van der Waals surface area contributed by atoms with Crippen LogP contribution in [-0.2, 0) is 13.0 Å². The van der Waals surface area contributed by atoms with Crippen molar-refractivity contribution in [2.45, 2.75) is 38.6 Å². The summed E-state index contributed by atoms with van der Waals surface area (Å²) in [6.45, 7) is 1.18. The van der Waals surface area contributed by atoms with E-state index in [1.165, 1.54) is 25.5 Å². The number of pyridine rings is 1. The van der Waals surface area contributed by atoms with Crippen molar-refractivity contribution in [2.75, 3.05) is 13.6 Å². The lowest BCUT2D eigenvalue weighted by Gasteiger charge is -2.20. The molecule has 3 atom stereocenters. The lowest BCUT2D eigenvalue weighted by molar-refractivity contribution is 0.0942. The molecule has 33 heavy (non-hydrogen) atoms. The summed E-state index contributed by atoms with van der Waals surface area (Å²) in [7, 11) is 1.49. The highest BCUT2D eigenvalue weighted by Crippen LogP contribution is 2.69. The van der Waals surface area contributed by atoms with Gasteiger partial charge in [-0.05, 0) is 60.8 Å². The van der Waals surface area contributed by atoms with E-state index in [0.29, 0.717) is 36.3 Å². The summed E-state index contributed by atoms with van der Waals surface area (Å²) in [6, 6.07) is 10.2. The Bertz CT molecular complexity index is 1150. The molecule has 172 valence electrons. The molecule has 1 aromatic heterocycles. The highest BCUT2D eigenvalue weighted by atomic mass is 16.2. The number of aryl methyl sites for hydroxylation is 2. The second-order valence-corrected chi connectivity index (χ2v) is 9.78. The molecule has 3 aliphatic rings. The van der Waals surface area contributed by atoms with Crippen LogP contribution >= 0.6 is 0 Å². The first-order valence-electron chi connectivity index (χ1n) is 12.0. The van der Waals surface area contributed by atoms with Gasteiger partial charge in [0.2, 0.25) is 5.43 Å². The predicted molar refractivity (Wildman–Crippen MR) is 127 cm³/mol. The smallest absolute Gasteiger partial charge is 0.256 e. The minimum Gasteiger partial charge on any atom is -0.355 e. The Hall–Kier alpha value is -3.15. The summed E-state index contributed by atoms with van der Waals surface area (Å²) in [5.41, 5.74) is 1.23. The van der Waals surface area contributed by atoms with Crippen LogP contribution in [0.4, 0.5) is 0 Å². The first kappa shape index (κ1) is 21.7. The second kappa shape index (κ2) is 8.65. The van der Waals surface area contributed by atoms with Gasteiger partial charge in [-0.2, -0.15) is 0 Å². The minimum absolute atomic E-state index is 0.00431. The lowest BCUT2D eigenvalue weighted by Crippen LogP contribution is -2.37. The highest BCUT2D eigenvalue weighted by molar-refractivity contribution is 5.99. The van der Waals surface area contributed by atoms with Gasteiger partial charge in [-0.1, -0.05) is 42.5 Å². The SMILES string of the molecule is CNC(=O)c1cn(CCCc2ccccc2)cc(C(=O)NC[C@H]2C[C@H]3C=C[C@H]2C32CC2)c1=O. The molecule has 2 fully saturated rings. The molecule has 2 amide bonds. The molecule has 0 unspecified atom stereocenters. The molecule has 5 rings (SSSR count). The van der Waals surface area contributed by atoms with E-state index in [0.717, 1.165) is 19.3 Å². The third kappa shape index (κ3) is 4.03. The van der Waals surface area contributed by atoms with E-state index in [2.05, 4.69) is 34.9 Å². The fourth-order valence-corrected chi connectivity index (χ4v) is 6.00. The maximum absolute atomic E-state index is 13.0. The summed E-state index contributed by atoms with van der Waals surface area (Å²) in [6.07, 6.45) is 13.3. The van der Waals surface area contributed by atoms with E-state index >= 15 is 0 Å². The zero-order valence-electron chi connectivity index (χ0n) is 19.0. The molecule has 2 bridgehead atoms. The number of carbonyl (C=O) groups excluding carboxylic acids is 2. The van der Waals surface area contributed by atoms with Gasteiger partial charge in [0, 0.05) is 32.5 Å². The number of rotatable bonds is 8. The first-order valence-corrected chi connectivity index (χ1v) is 12.0. The molecular weight excluding hydrogens is 414 g/mol. The molecule has 3 aliphatic carbocycles. The van der Waals surface area contributed by atoms with Crippen LogP contribution in [0.3, 0.4) is 0 Å². The van der Waals surface area contributed by atoms with Gasteiger partial charge >= 0.3 is 0 Å². The molecular formula is C27H31N3O3. The molecule has 2 saturated carbocycles. The maximum atomic E-state index is 13.0. The van der Waals surface area contributed by atoms with Gasteiger partial charge in [0.25, 0.3) is 11.8 Å². The molecule has 0 aliphatic heterocycles. The summed E-state index contributed by atoms with van der Waals surface area (Å²) in [4.78, 5) is 38.3. The number of benzene rings is 1. The van der Waals surface area contributed by atoms with Crippen LogP contribution in [0.2, 0.25) is 0 Å². The fourth-order valence-electron chi connectivity index (χ4n) is 6.00. The largest absolute Gasteiger partial charge is 0.355 e. The number of amides is 2. The van der Waals surface area contributed by atoms with Crippen LogP contribution in [0.15, 0.2) is 59.7 Å². The van der Waals surface area contributed by atoms with E-state index in [-0.39, 0.29) is 17.0 Å². The summed E-state index contributed by atoms with van der Waals surface area (Å²) >= 11 is 0.